The Kier molecular flexibility index (Phi) is 5.84. The van der Waals surface area contributed by atoms with Gasteiger partial charge in [-0.3, -0.25) is 9.78 Å². The number of anilines is 1. The van der Waals surface area contributed by atoms with Gasteiger partial charge in [0.1, 0.15) is 0 Å². The van der Waals surface area contributed by atoms with Crippen molar-refractivity contribution in [2.45, 2.75) is 33.1 Å². The molecule has 0 aliphatic heterocycles. The molecule has 0 spiro atoms. The first-order valence-corrected chi connectivity index (χ1v) is 10.4. The maximum atomic E-state index is 13.2. The van der Waals surface area contributed by atoms with Gasteiger partial charge in [-0.15, -0.1) is 0 Å². The zero-order valence-electron chi connectivity index (χ0n) is 17.4. The summed E-state index contributed by atoms with van der Waals surface area (Å²) < 4.78 is 0. The summed E-state index contributed by atoms with van der Waals surface area (Å²) in [6, 6.07) is 19.8. The average molecular weight is 396 g/mol. The molecular formula is C26H25N3O. The lowest BCUT2D eigenvalue weighted by molar-refractivity contribution is 0.102. The lowest BCUT2D eigenvalue weighted by Crippen LogP contribution is -2.13. The molecule has 150 valence electrons. The van der Waals surface area contributed by atoms with Crippen molar-refractivity contribution in [2.75, 3.05) is 5.32 Å². The van der Waals surface area contributed by atoms with Gasteiger partial charge >= 0.3 is 0 Å². The van der Waals surface area contributed by atoms with Crippen LogP contribution in [-0.4, -0.2) is 15.9 Å². The van der Waals surface area contributed by atoms with Gasteiger partial charge in [0.25, 0.3) is 5.91 Å². The van der Waals surface area contributed by atoms with Crippen molar-refractivity contribution in [2.24, 2.45) is 0 Å². The third-order valence-electron chi connectivity index (χ3n) is 5.20. The molecule has 2 aromatic heterocycles. The molecule has 2 aromatic carbocycles. The SMILES string of the molecule is CCCCc1ccc(NC(=O)c2cc(-c3cccnc3)nc3ccc(C)cc23)cc1. The van der Waals surface area contributed by atoms with Crippen LogP contribution in [0.3, 0.4) is 0 Å². The number of carbonyl (C=O) groups excluding carboxylic acids is 1. The van der Waals surface area contributed by atoms with Gasteiger partial charge in [0.05, 0.1) is 16.8 Å². The highest BCUT2D eigenvalue weighted by molar-refractivity contribution is 6.13. The Labute approximate surface area is 177 Å². The summed E-state index contributed by atoms with van der Waals surface area (Å²) in [4.78, 5) is 22.2. The first-order chi connectivity index (χ1) is 14.6. The predicted molar refractivity (Wildman–Crippen MR) is 123 cm³/mol. The summed E-state index contributed by atoms with van der Waals surface area (Å²) in [5, 5.41) is 3.90. The molecule has 4 nitrogen and oxygen atoms in total. The predicted octanol–water partition coefficient (Wildman–Crippen LogP) is 6.20. The Hall–Kier alpha value is -3.53. The number of hydrogen-bond donors (Lipinski definition) is 1. The van der Waals surface area contributed by atoms with Gasteiger partial charge in [0.15, 0.2) is 0 Å². The van der Waals surface area contributed by atoms with E-state index in [1.165, 1.54) is 18.4 Å². The Balaban J connectivity index is 1.69. The minimum absolute atomic E-state index is 0.139. The third-order valence-corrected chi connectivity index (χ3v) is 5.20. The summed E-state index contributed by atoms with van der Waals surface area (Å²) in [6.07, 6.45) is 6.90. The number of amides is 1. The quantitative estimate of drug-likeness (QED) is 0.423. The zero-order chi connectivity index (χ0) is 20.9. The minimum Gasteiger partial charge on any atom is -0.322 e. The monoisotopic (exact) mass is 395 g/mol. The van der Waals surface area contributed by atoms with E-state index >= 15 is 0 Å². The highest BCUT2D eigenvalue weighted by atomic mass is 16.1. The van der Waals surface area contributed by atoms with Crippen molar-refractivity contribution in [1.82, 2.24) is 9.97 Å². The van der Waals surface area contributed by atoms with Crippen LogP contribution in [0.4, 0.5) is 5.69 Å². The Bertz CT molecular complexity index is 1170. The van der Waals surface area contributed by atoms with E-state index in [9.17, 15) is 4.79 Å². The van der Waals surface area contributed by atoms with Crippen LogP contribution < -0.4 is 5.32 Å². The topological polar surface area (TPSA) is 54.9 Å². The van der Waals surface area contributed by atoms with Crippen molar-refractivity contribution in [3.8, 4) is 11.3 Å². The van der Waals surface area contributed by atoms with E-state index in [-0.39, 0.29) is 5.91 Å². The van der Waals surface area contributed by atoms with Crippen molar-refractivity contribution in [3.05, 3.63) is 89.7 Å². The van der Waals surface area contributed by atoms with Crippen LogP contribution in [0.1, 0.15) is 41.3 Å². The maximum absolute atomic E-state index is 13.2. The van der Waals surface area contributed by atoms with Crippen molar-refractivity contribution >= 4 is 22.5 Å². The van der Waals surface area contributed by atoms with Gasteiger partial charge in [0, 0.05) is 29.0 Å². The second-order valence-corrected chi connectivity index (χ2v) is 7.57. The van der Waals surface area contributed by atoms with Gasteiger partial charge < -0.3 is 5.32 Å². The number of hydrogen-bond acceptors (Lipinski definition) is 3. The first kappa shape index (κ1) is 19.8. The summed E-state index contributed by atoms with van der Waals surface area (Å²) >= 11 is 0. The molecule has 4 aromatic rings. The molecule has 1 N–H and O–H groups in total. The van der Waals surface area contributed by atoms with Crippen LogP contribution in [0.25, 0.3) is 22.2 Å². The van der Waals surface area contributed by atoms with Gasteiger partial charge in [-0.25, -0.2) is 4.98 Å². The fourth-order valence-electron chi connectivity index (χ4n) is 3.52. The molecule has 0 radical (unpaired) electrons. The number of fused-ring (bicyclic) bond motifs is 1. The van der Waals surface area contributed by atoms with Crippen molar-refractivity contribution in [3.63, 3.8) is 0 Å². The largest absolute Gasteiger partial charge is 0.322 e. The highest BCUT2D eigenvalue weighted by Crippen LogP contribution is 2.26. The molecule has 30 heavy (non-hydrogen) atoms. The normalized spacial score (nSPS) is 10.9. The van der Waals surface area contributed by atoms with Crippen LogP contribution >= 0.6 is 0 Å². The molecule has 0 aliphatic rings. The lowest BCUT2D eigenvalue weighted by Gasteiger charge is -2.12. The molecular weight excluding hydrogens is 370 g/mol. The summed E-state index contributed by atoms with van der Waals surface area (Å²) in [5.41, 5.74) is 6.20. The van der Waals surface area contributed by atoms with E-state index in [0.29, 0.717) is 5.56 Å². The molecule has 4 heteroatoms. The van der Waals surface area contributed by atoms with Crippen LogP contribution in [-0.2, 0) is 6.42 Å². The molecule has 1 amide bonds. The van der Waals surface area contributed by atoms with E-state index in [1.807, 2.05) is 55.5 Å². The number of unbranched alkanes of at least 4 members (excludes halogenated alkanes) is 1. The van der Waals surface area contributed by atoms with Crippen molar-refractivity contribution < 1.29 is 4.79 Å². The van der Waals surface area contributed by atoms with Crippen LogP contribution in [0.15, 0.2) is 73.1 Å². The molecule has 0 saturated carbocycles. The molecule has 0 atom stereocenters. The number of aromatic nitrogens is 2. The second kappa shape index (κ2) is 8.87. The van der Waals surface area contributed by atoms with Crippen LogP contribution in [0.2, 0.25) is 0 Å². The number of nitrogens with one attached hydrogen (secondary N) is 1. The molecule has 0 saturated heterocycles. The molecule has 0 fully saturated rings. The summed E-state index contributed by atoms with van der Waals surface area (Å²) in [7, 11) is 0. The maximum Gasteiger partial charge on any atom is 0.256 e. The minimum atomic E-state index is -0.139. The van der Waals surface area contributed by atoms with Crippen LogP contribution in [0.5, 0.6) is 0 Å². The molecule has 0 unspecified atom stereocenters. The van der Waals surface area contributed by atoms with Gasteiger partial charge in [-0.05, 0) is 67.8 Å². The zero-order valence-corrected chi connectivity index (χ0v) is 17.4. The Morgan fingerprint density at radius 1 is 1.03 bits per heavy atom. The smallest absolute Gasteiger partial charge is 0.256 e. The summed E-state index contributed by atoms with van der Waals surface area (Å²) in [5.74, 6) is -0.139. The Morgan fingerprint density at radius 3 is 2.60 bits per heavy atom. The highest BCUT2D eigenvalue weighted by Gasteiger charge is 2.15. The third kappa shape index (κ3) is 4.38. The average Bonchev–Trinajstić information content (AvgIpc) is 2.78. The molecule has 0 bridgehead atoms. The fraction of sp³-hybridized carbons (Fsp3) is 0.192. The number of benzene rings is 2. The first-order valence-electron chi connectivity index (χ1n) is 10.4. The number of pyridine rings is 2. The van der Waals surface area contributed by atoms with E-state index in [2.05, 4.69) is 29.4 Å². The van der Waals surface area contributed by atoms with Crippen molar-refractivity contribution in [1.29, 1.82) is 0 Å². The standard InChI is InChI=1S/C26H25N3O/c1-3-4-6-19-9-11-21(12-10-19)28-26(30)23-16-25(20-7-5-14-27-17-20)29-24-13-8-18(2)15-22(23)24/h5,7-17H,3-4,6H2,1-2H3,(H,28,30). The molecule has 0 aliphatic carbocycles. The molecule has 4 rings (SSSR count). The Morgan fingerprint density at radius 2 is 1.87 bits per heavy atom. The molecule has 2 heterocycles. The van der Waals surface area contributed by atoms with Crippen LogP contribution in [0, 0.1) is 6.92 Å². The van der Waals surface area contributed by atoms with Gasteiger partial charge in [-0.1, -0.05) is 37.1 Å². The van der Waals surface area contributed by atoms with E-state index in [0.717, 1.165) is 39.8 Å². The van der Waals surface area contributed by atoms with E-state index in [4.69, 9.17) is 4.98 Å². The second-order valence-electron chi connectivity index (χ2n) is 7.57. The number of rotatable bonds is 6. The van der Waals surface area contributed by atoms with E-state index in [1.54, 1.807) is 12.4 Å². The fourth-order valence-corrected chi connectivity index (χ4v) is 3.52. The van der Waals surface area contributed by atoms with Gasteiger partial charge in [0.2, 0.25) is 0 Å². The van der Waals surface area contributed by atoms with Gasteiger partial charge in [-0.2, -0.15) is 0 Å². The number of nitrogens with zero attached hydrogens (tertiary/aromatic N) is 2. The number of aryl methyl sites for hydroxylation is 2. The number of carbonyl (C=O) groups is 1. The summed E-state index contributed by atoms with van der Waals surface area (Å²) in [6.45, 7) is 4.21. The lowest BCUT2D eigenvalue weighted by atomic mass is 10.0. The van der Waals surface area contributed by atoms with E-state index < -0.39 is 0 Å².